The predicted molar refractivity (Wildman–Crippen MR) is 73.0 cm³/mol. The second-order valence-electron chi connectivity index (χ2n) is 3.74. The van der Waals surface area contributed by atoms with E-state index in [1.165, 1.54) is 0 Å². The molecule has 1 aromatic carbocycles. The summed E-state index contributed by atoms with van der Waals surface area (Å²) in [4.78, 5) is 16.0. The number of aromatic nitrogens is 1. The minimum atomic E-state index is -0.314. The van der Waals surface area contributed by atoms with Crippen LogP contribution in [-0.4, -0.2) is 18.0 Å². The SMILES string of the molecule is COc1cccc(NC(=O)c2cccc(NN)n2)c1. The van der Waals surface area contributed by atoms with Crippen molar-refractivity contribution in [2.24, 2.45) is 5.84 Å². The minimum Gasteiger partial charge on any atom is -0.497 e. The quantitative estimate of drug-likeness (QED) is 0.573. The molecule has 98 valence electrons. The summed E-state index contributed by atoms with van der Waals surface area (Å²) >= 11 is 0. The molecule has 0 unspecified atom stereocenters. The lowest BCUT2D eigenvalue weighted by molar-refractivity contribution is 0.102. The molecule has 0 aliphatic heterocycles. The van der Waals surface area contributed by atoms with E-state index in [1.807, 2.05) is 0 Å². The highest BCUT2D eigenvalue weighted by Gasteiger charge is 2.08. The van der Waals surface area contributed by atoms with Crippen molar-refractivity contribution < 1.29 is 9.53 Å². The van der Waals surface area contributed by atoms with E-state index < -0.39 is 0 Å². The monoisotopic (exact) mass is 258 g/mol. The molecule has 6 heteroatoms. The lowest BCUT2D eigenvalue weighted by Crippen LogP contribution is -2.16. The maximum absolute atomic E-state index is 12.0. The number of hydrogen-bond acceptors (Lipinski definition) is 5. The van der Waals surface area contributed by atoms with Crippen molar-refractivity contribution in [2.45, 2.75) is 0 Å². The topological polar surface area (TPSA) is 89.3 Å². The van der Waals surface area contributed by atoms with Gasteiger partial charge in [0.2, 0.25) is 0 Å². The van der Waals surface area contributed by atoms with E-state index in [0.717, 1.165) is 0 Å². The van der Waals surface area contributed by atoms with Gasteiger partial charge in [-0.3, -0.25) is 4.79 Å². The molecule has 0 fully saturated rings. The van der Waals surface area contributed by atoms with Crippen molar-refractivity contribution in [1.82, 2.24) is 4.98 Å². The highest BCUT2D eigenvalue weighted by Crippen LogP contribution is 2.17. The summed E-state index contributed by atoms with van der Waals surface area (Å²) in [7, 11) is 1.57. The summed E-state index contributed by atoms with van der Waals surface area (Å²) in [5.74, 6) is 6.03. The fourth-order valence-corrected chi connectivity index (χ4v) is 1.54. The Morgan fingerprint density at radius 3 is 2.79 bits per heavy atom. The predicted octanol–water partition coefficient (Wildman–Crippen LogP) is 1.63. The largest absolute Gasteiger partial charge is 0.497 e. The third kappa shape index (κ3) is 3.20. The fourth-order valence-electron chi connectivity index (χ4n) is 1.54. The Labute approximate surface area is 110 Å². The van der Waals surface area contributed by atoms with Gasteiger partial charge in [-0.05, 0) is 24.3 Å². The number of pyridine rings is 1. The van der Waals surface area contributed by atoms with Gasteiger partial charge in [0.1, 0.15) is 17.3 Å². The Kier molecular flexibility index (Phi) is 3.94. The van der Waals surface area contributed by atoms with Crippen molar-refractivity contribution >= 4 is 17.4 Å². The van der Waals surface area contributed by atoms with Crippen molar-refractivity contribution in [3.63, 3.8) is 0 Å². The number of methoxy groups -OCH3 is 1. The summed E-state index contributed by atoms with van der Waals surface area (Å²) in [6, 6.07) is 12.1. The Hall–Kier alpha value is -2.60. The number of nitrogens with two attached hydrogens (primary N) is 1. The van der Waals surface area contributed by atoms with Gasteiger partial charge in [-0.15, -0.1) is 0 Å². The molecule has 0 saturated carbocycles. The third-order valence-corrected chi connectivity index (χ3v) is 2.46. The van der Waals surface area contributed by atoms with Crippen molar-refractivity contribution in [3.05, 3.63) is 48.2 Å². The van der Waals surface area contributed by atoms with E-state index in [0.29, 0.717) is 17.3 Å². The maximum Gasteiger partial charge on any atom is 0.274 e. The first-order valence-electron chi connectivity index (χ1n) is 5.62. The molecule has 1 heterocycles. The van der Waals surface area contributed by atoms with Gasteiger partial charge in [0.25, 0.3) is 5.91 Å². The Bertz CT molecular complexity index is 586. The van der Waals surface area contributed by atoms with Gasteiger partial charge in [-0.25, -0.2) is 10.8 Å². The first-order valence-corrected chi connectivity index (χ1v) is 5.62. The van der Waals surface area contributed by atoms with Gasteiger partial charge in [0, 0.05) is 11.8 Å². The Morgan fingerprint density at radius 2 is 2.05 bits per heavy atom. The van der Waals surface area contributed by atoms with Crippen LogP contribution in [0.2, 0.25) is 0 Å². The molecule has 6 nitrogen and oxygen atoms in total. The molecule has 1 aromatic heterocycles. The lowest BCUT2D eigenvalue weighted by Gasteiger charge is -2.07. The van der Waals surface area contributed by atoms with Crippen molar-refractivity contribution in [2.75, 3.05) is 17.9 Å². The smallest absolute Gasteiger partial charge is 0.274 e. The van der Waals surface area contributed by atoms with Gasteiger partial charge in [-0.1, -0.05) is 12.1 Å². The first-order chi connectivity index (χ1) is 9.22. The average molecular weight is 258 g/mol. The standard InChI is InChI=1S/C13H14N4O2/c1-19-10-5-2-4-9(8-10)15-13(18)11-6-3-7-12(16-11)17-14/h2-8H,14H2,1H3,(H,15,18)(H,16,17). The molecule has 2 aromatic rings. The molecule has 0 spiro atoms. The van der Waals surface area contributed by atoms with Gasteiger partial charge in [0.15, 0.2) is 0 Å². The molecule has 0 radical (unpaired) electrons. The van der Waals surface area contributed by atoms with Crippen LogP contribution in [-0.2, 0) is 0 Å². The molecule has 0 saturated heterocycles. The van der Waals surface area contributed by atoms with Crippen molar-refractivity contribution in [1.29, 1.82) is 0 Å². The van der Waals surface area contributed by atoms with E-state index in [1.54, 1.807) is 49.6 Å². The number of nitrogen functional groups attached to an aromatic ring is 1. The molecule has 2 rings (SSSR count). The van der Waals surface area contributed by atoms with Crippen LogP contribution in [0, 0.1) is 0 Å². The zero-order chi connectivity index (χ0) is 13.7. The number of amides is 1. The molecular formula is C13H14N4O2. The zero-order valence-electron chi connectivity index (χ0n) is 10.4. The number of nitrogens with one attached hydrogen (secondary N) is 2. The maximum atomic E-state index is 12.0. The summed E-state index contributed by atoms with van der Waals surface area (Å²) in [5, 5.41) is 2.73. The Morgan fingerprint density at radius 1 is 1.26 bits per heavy atom. The van der Waals surface area contributed by atoms with Gasteiger partial charge < -0.3 is 15.5 Å². The molecule has 4 N–H and O–H groups in total. The van der Waals surface area contributed by atoms with E-state index >= 15 is 0 Å². The van der Waals surface area contributed by atoms with Crippen LogP contribution in [0.4, 0.5) is 11.5 Å². The second kappa shape index (κ2) is 5.83. The molecule has 0 aliphatic rings. The number of carbonyl (C=O) groups is 1. The molecule has 1 amide bonds. The molecular weight excluding hydrogens is 244 g/mol. The molecule has 0 atom stereocenters. The minimum absolute atomic E-state index is 0.276. The van der Waals surface area contributed by atoms with E-state index in [9.17, 15) is 4.79 Å². The second-order valence-corrected chi connectivity index (χ2v) is 3.74. The van der Waals surface area contributed by atoms with Gasteiger partial charge in [0.05, 0.1) is 7.11 Å². The van der Waals surface area contributed by atoms with Crippen LogP contribution in [0.25, 0.3) is 0 Å². The van der Waals surface area contributed by atoms with Crippen molar-refractivity contribution in [3.8, 4) is 5.75 Å². The number of carbonyl (C=O) groups excluding carboxylic acids is 1. The number of rotatable bonds is 4. The summed E-state index contributed by atoms with van der Waals surface area (Å²) in [6.45, 7) is 0. The molecule has 0 aliphatic carbocycles. The van der Waals surface area contributed by atoms with Crippen LogP contribution in [0.5, 0.6) is 5.75 Å². The van der Waals surface area contributed by atoms with Crippen LogP contribution in [0.1, 0.15) is 10.5 Å². The lowest BCUT2D eigenvalue weighted by atomic mass is 10.2. The number of hydrazine groups is 1. The molecule has 0 bridgehead atoms. The fraction of sp³-hybridized carbons (Fsp3) is 0.0769. The van der Waals surface area contributed by atoms with Crippen LogP contribution in [0.3, 0.4) is 0 Å². The average Bonchev–Trinajstić information content (AvgIpc) is 2.47. The van der Waals surface area contributed by atoms with E-state index in [4.69, 9.17) is 10.6 Å². The Balaban J connectivity index is 2.15. The first kappa shape index (κ1) is 12.8. The summed E-state index contributed by atoms with van der Waals surface area (Å²) < 4.78 is 5.09. The van der Waals surface area contributed by atoms with Gasteiger partial charge >= 0.3 is 0 Å². The van der Waals surface area contributed by atoms with Crippen LogP contribution >= 0.6 is 0 Å². The van der Waals surface area contributed by atoms with Gasteiger partial charge in [-0.2, -0.15) is 0 Å². The normalized spacial score (nSPS) is 9.79. The van der Waals surface area contributed by atoms with Crippen LogP contribution < -0.4 is 21.3 Å². The third-order valence-electron chi connectivity index (χ3n) is 2.46. The highest BCUT2D eigenvalue weighted by molar-refractivity contribution is 6.03. The number of anilines is 2. The van der Waals surface area contributed by atoms with E-state index in [-0.39, 0.29) is 11.6 Å². The number of ether oxygens (including phenoxy) is 1. The molecule has 19 heavy (non-hydrogen) atoms. The summed E-state index contributed by atoms with van der Waals surface area (Å²) in [5.41, 5.74) is 3.31. The van der Waals surface area contributed by atoms with E-state index in [2.05, 4.69) is 15.7 Å². The number of hydrogen-bond donors (Lipinski definition) is 3. The van der Waals surface area contributed by atoms with Crippen LogP contribution in [0.15, 0.2) is 42.5 Å². The highest BCUT2D eigenvalue weighted by atomic mass is 16.5. The summed E-state index contributed by atoms with van der Waals surface area (Å²) in [6.07, 6.45) is 0. The number of benzene rings is 1. The number of nitrogens with zero attached hydrogens (tertiary/aromatic N) is 1. The zero-order valence-corrected chi connectivity index (χ0v) is 10.4.